The third kappa shape index (κ3) is 3.28. The van der Waals surface area contributed by atoms with Crippen molar-refractivity contribution in [2.45, 2.75) is 44.9 Å². The van der Waals surface area contributed by atoms with Gasteiger partial charge in [0.2, 0.25) is 0 Å². The summed E-state index contributed by atoms with van der Waals surface area (Å²) in [5.74, 6) is 2.82. The summed E-state index contributed by atoms with van der Waals surface area (Å²) in [5.41, 5.74) is 1.14. The van der Waals surface area contributed by atoms with Crippen LogP contribution >= 0.6 is 15.9 Å². The molecule has 5 heteroatoms. The lowest BCUT2D eigenvalue weighted by Gasteiger charge is -2.12. The van der Waals surface area contributed by atoms with Crippen molar-refractivity contribution in [3.63, 3.8) is 0 Å². The molecule has 0 unspecified atom stereocenters. The van der Waals surface area contributed by atoms with E-state index in [9.17, 15) is 0 Å². The summed E-state index contributed by atoms with van der Waals surface area (Å²) in [6.07, 6.45) is 7.77. The number of hydrogen-bond donors (Lipinski definition) is 1. The Morgan fingerprint density at radius 2 is 2.14 bits per heavy atom. The first-order valence-electron chi connectivity index (χ1n) is 7.64. The van der Waals surface area contributed by atoms with Crippen molar-refractivity contribution in [3.05, 3.63) is 28.6 Å². The van der Waals surface area contributed by atoms with Crippen LogP contribution in [0.2, 0.25) is 0 Å². The van der Waals surface area contributed by atoms with Crippen molar-refractivity contribution < 1.29 is 4.42 Å². The largest absolute Gasteiger partial charge is 0.460 e. The molecular formula is C16H20BrN3O. The first kappa shape index (κ1) is 14.6. The Labute approximate surface area is 133 Å². The summed E-state index contributed by atoms with van der Waals surface area (Å²) in [6.45, 7) is 3.07. The molecule has 0 aliphatic heterocycles. The van der Waals surface area contributed by atoms with Crippen LogP contribution in [0.5, 0.6) is 0 Å². The highest BCUT2D eigenvalue weighted by atomic mass is 79.9. The maximum atomic E-state index is 5.53. The topological polar surface area (TPSA) is 51.0 Å². The highest BCUT2D eigenvalue weighted by Gasteiger charge is 2.21. The van der Waals surface area contributed by atoms with Gasteiger partial charge in [0, 0.05) is 24.2 Å². The minimum Gasteiger partial charge on any atom is -0.460 e. The van der Waals surface area contributed by atoms with Gasteiger partial charge in [-0.2, -0.15) is 0 Å². The molecule has 2 heterocycles. The number of aromatic nitrogens is 2. The summed E-state index contributed by atoms with van der Waals surface area (Å²) < 4.78 is 6.42. The van der Waals surface area contributed by atoms with Gasteiger partial charge in [-0.05, 0) is 41.3 Å². The number of rotatable bonds is 5. The molecule has 1 aliphatic rings. The second-order valence-corrected chi connectivity index (χ2v) is 6.36. The number of halogens is 1. The summed E-state index contributed by atoms with van der Waals surface area (Å²) in [4.78, 5) is 9.35. The molecule has 0 spiro atoms. The summed E-state index contributed by atoms with van der Waals surface area (Å²) in [7, 11) is 0. The van der Waals surface area contributed by atoms with E-state index in [1.807, 2.05) is 6.07 Å². The molecule has 1 fully saturated rings. The van der Waals surface area contributed by atoms with Crippen molar-refractivity contribution in [3.8, 4) is 11.6 Å². The quantitative estimate of drug-likeness (QED) is 0.826. The molecule has 1 N–H and O–H groups in total. The highest BCUT2D eigenvalue weighted by molar-refractivity contribution is 9.10. The van der Waals surface area contributed by atoms with Crippen molar-refractivity contribution in [2.24, 2.45) is 0 Å². The van der Waals surface area contributed by atoms with E-state index in [1.165, 1.54) is 25.7 Å². The SMILES string of the molecule is CCCNc1cc(C2CCCC2)nc(-c2occc2Br)n1. The third-order valence-corrected chi connectivity index (χ3v) is 4.52. The van der Waals surface area contributed by atoms with Crippen LogP contribution in [0.3, 0.4) is 0 Å². The first-order chi connectivity index (χ1) is 10.3. The normalized spacial score (nSPS) is 15.5. The van der Waals surface area contributed by atoms with E-state index in [-0.39, 0.29) is 0 Å². The average Bonchev–Trinajstić information content (AvgIpc) is 3.16. The lowest BCUT2D eigenvalue weighted by atomic mass is 10.0. The number of hydrogen-bond acceptors (Lipinski definition) is 4. The Morgan fingerprint density at radius 3 is 2.81 bits per heavy atom. The Hall–Kier alpha value is -1.36. The standard InChI is InChI=1S/C16H20BrN3O/c1-2-8-18-14-10-13(11-5-3-4-6-11)19-16(20-14)15-12(17)7-9-21-15/h7,9-11H,2-6,8H2,1H3,(H,18,19,20). The summed E-state index contributed by atoms with van der Waals surface area (Å²) >= 11 is 3.49. The van der Waals surface area contributed by atoms with Gasteiger partial charge in [0.15, 0.2) is 11.6 Å². The lowest BCUT2D eigenvalue weighted by Crippen LogP contribution is -2.07. The molecule has 0 bridgehead atoms. The van der Waals surface area contributed by atoms with E-state index in [0.717, 1.165) is 29.0 Å². The summed E-state index contributed by atoms with van der Waals surface area (Å²) in [5, 5.41) is 3.37. The molecule has 21 heavy (non-hydrogen) atoms. The van der Waals surface area contributed by atoms with Gasteiger partial charge in [-0.25, -0.2) is 9.97 Å². The molecule has 3 rings (SSSR count). The molecule has 112 valence electrons. The molecule has 0 atom stereocenters. The molecule has 0 amide bonds. The van der Waals surface area contributed by atoms with E-state index < -0.39 is 0 Å². The second-order valence-electron chi connectivity index (χ2n) is 5.51. The fraction of sp³-hybridized carbons (Fsp3) is 0.500. The zero-order valence-electron chi connectivity index (χ0n) is 12.2. The van der Waals surface area contributed by atoms with Gasteiger partial charge < -0.3 is 9.73 Å². The molecule has 0 aromatic carbocycles. The van der Waals surface area contributed by atoms with Gasteiger partial charge in [0.1, 0.15) is 5.82 Å². The fourth-order valence-corrected chi connectivity index (χ4v) is 3.17. The molecule has 2 aromatic rings. The maximum absolute atomic E-state index is 5.53. The number of anilines is 1. The van der Waals surface area contributed by atoms with E-state index in [4.69, 9.17) is 9.40 Å². The zero-order valence-corrected chi connectivity index (χ0v) is 13.8. The zero-order chi connectivity index (χ0) is 14.7. The van der Waals surface area contributed by atoms with Crippen LogP contribution in [0.4, 0.5) is 5.82 Å². The van der Waals surface area contributed by atoms with Gasteiger partial charge in [-0.1, -0.05) is 19.8 Å². The van der Waals surface area contributed by atoms with Gasteiger partial charge >= 0.3 is 0 Å². The molecule has 0 saturated heterocycles. The monoisotopic (exact) mass is 349 g/mol. The highest BCUT2D eigenvalue weighted by Crippen LogP contribution is 2.35. The van der Waals surface area contributed by atoms with Crippen LogP contribution in [-0.2, 0) is 0 Å². The van der Waals surface area contributed by atoms with Gasteiger partial charge in [0.05, 0.1) is 10.7 Å². The first-order valence-corrected chi connectivity index (χ1v) is 8.43. The number of nitrogens with zero attached hydrogens (tertiary/aromatic N) is 2. The third-order valence-electron chi connectivity index (χ3n) is 3.90. The van der Waals surface area contributed by atoms with Crippen LogP contribution < -0.4 is 5.32 Å². The van der Waals surface area contributed by atoms with E-state index in [2.05, 4.69) is 39.2 Å². The van der Waals surface area contributed by atoms with Crippen LogP contribution in [0.15, 0.2) is 27.3 Å². The minimum absolute atomic E-state index is 0.558. The van der Waals surface area contributed by atoms with Crippen LogP contribution in [0.25, 0.3) is 11.6 Å². The second kappa shape index (κ2) is 6.60. The van der Waals surface area contributed by atoms with Crippen molar-refractivity contribution >= 4 is 21.7 Å². The summed E-state index contributed by atoms with van der Waals surface area (Å²) in [6, 6.07) is 3.98. The predicted octanol–water partition coefficient (Wildman–Crippen LogP) is 4.98. The minimum atomic E-state index is 0.558. The Bertz CT molecular complexity index is 605. The smallest absolute Gasteiger partial charge is 0.199 e. The Balaban J connectivity index is 1.98. The van der Waals surface area contributed by atoms with E-state index in [1.54, 1.807) is 6.26 Å². The van der Waals surface area contributed by atoms with Crippen molar-refractivity contribution in [2.75, 3.05) is 11.9 Å². The maximum Gasteiger partial charge on any atom is 0.199 e. The molecule has 1 saturated carbocycles. The number of furan rings is 1. The van der Waals surface area contributed by atoms with Crippen molar-refractivity contribution in [1.82, 2.24) is 9.97 Å². The van der Waals surface area contributed by atoms with Gasteiger partial charge in [-0.15, -0.1) is 0 Å². The Morgan fingerprint density at radius 1 is 1.33 bits per heavy atom. The average molecular weight is 350 g/mol. The molecule has 4 nitrogen and oxygen atoms in total. The van der Waals surface area contributed by atoms with Crippen LogP contribution in [0, 0.1) is 0 Å². The van der Waals surface area contributed by atoms with Crippen LogP contribution in [-0.4, -0.2) is 16.5 Å². The number of nitrogens with one attached hydrogen (secondary N) is 1. The van der Waals surface area contributed by atoms with Crippen molar-refractivity contribution in [1.29, 1.82) is 0 Å². The lowest BCUT2D eigenvalue weighted by molar-refractivity contribution is 0.574. The Kier molecular flexibility index (Phi) is 4.58. The van der Waals surface area contributed by atoms with E-state index >= 15 is 0 Å². The van der Waals surface area contributed by atoms with Gasteiger partial charge in [0.25, 0.3) is 0 Å². The van der Waals surface area contributed by atoms with E-state index in [0.29, 0.717) is 17.5 Å². The predicted molar refractivity (Wildman–Crippen MR) is 87.4 cm³/mol. The van der Waals surface area contributed by atoms with Gasteiger partial charge in [-0.3, -0.25) is 0 Å². The molecule has 1 aliphatic carbocycles. The van der Waals surface area contributed by atoms with Crippen LogP contribution in [0.1, 0.15) is 50.6 Å². The molecule has 0 radical (unpaired) electrons. The fourth-order valence-electron chi connectivity index (χ4n) is 2.80. The molecule has 2 aromatic heterocycles. The molecular weight excluding hydrogens is 330 g/mol.